The summed E-state index contributed by atoms with van der Waals surface area (Å²) in [5.74, 6) is 1.37. The number of rotatable bonds is 9. The van der Waals surface area contributed by atoms with Gasteiger partial charge in [0.25, 0.3) is 0 Å². The maximum atomic E-state index is 12.8. The van der Waals surface area contributed by atoms with E-state index in [0.717, 1.165) is 11.1 Å². The van der Waals surface area contributed by atoms with E-state index in [1.54, 1.807) is 26.3 Å². The van der Waals surface area contributed by atoms with Crippen molar-refractivity contribution in [2.45, 2.75) is 20.4 Å². The first-order valence-electron chi connectivity index (χ1n) is 9.91. The molecule has 0 aliphatic rings. The number of esters is 1. The molecule has 0 saturated heterocycles. The summed E-state index contributed by atoms with van der Waals surface area (Å²) in [7, 11) is 1.60. The molecule has 6 heteroatoms. The first-order valence-corrected chi connectivity index (χ1v) is 9.91. The Hall–Kier alpha value is -3.54. The van der Waals surface area contributed by atoms with Crippen LogP contribution in [0.5, 0.6) is 11.5 Å². The van der Waals surface area contributed by atoms with Gasteiger partial charge in [-0.05, 0) is 43.2 Å². The van der Waals surface area contributed by atoms with E-state index in [1.165, 1.54) is 0 Å². The molecule has 3 rings (SSSR count). The van der Waals surface area contributed by atoms with Crippen molar-refractivity contribution >= 4 is 17.6 Å². The summed E-state index contributed by atoms with van der Waals surface area (Å²) in [5.41, 5.74) is 2.28. The highest BCUT2D eigenvalue weighted by Gasteiger charge is 2.19. The lowest BCUT2D eigenvalue weighted by Gasteiger charge is -2.12. The molecule has 0 fully saturated rings. The zero-order valence-electron chi connectivity index (χ0n) is 17.5. The lowest BCUT2D eigenvalue weighted by Crippen LogP contribution is -2.12. The van der Waals surface area contributed by atoms with Crippen molar-refractivity contribution < 1.29 is 19.0 Å². The van der Waals surface area contributed by atoms with E-state index < -0.39 is 5.97 Å². The molecule has 0 amide bonds. The Labute approximate surface area is 176 Å². The van der Waals surface area contributed by atoms with Crippen LogP contribution in [0.1, 0.15) is 30.8 Å². The minimum atomic E-state index is -0.424. The van der Waals surface area contributed by atoms with Crippen molar-refractivity contribution in [2.75, 3.05) is 20.3 Å². The van der Waals surface area contributed by atoms with Gasteiger partial charge in [-0.15, -0.1) is 0 Å². The summed E-state index contributed by atoms with van der Waals surface area (Å²) in [6, 6.07) is 15.5. The number of nitrogens with zero attached hydrogens (tertiary/aromatic N) is 2. The summed E-state index contributed by atoms with van der Waals surface area (Å²) >= 11 is 0. The summed E-state index contributed by atoms with van der Waals surface area (Å²) in [5, 5.41) is 0. The molecule has 0 aliphatic heterocycles. The number of imidazole rings is 1. The zero-order chi connectivity index (χ0) is 21.3. The first-order chi connectivity index (χ1) is 14.7. The number of methoxy groups -OCH3 is 1. The topological polar surface area (TPSA) is 62.6 Å². The molecular weight excluding hydrogens is 380 g/mol. The van der Waals surface area contributed by atoms with E-state index in [9.17, 15) is 4.79 Å². The Morgan fingerprint density at radius 2 is 1.87 bits per heavy atom. The summed E-state index contributed by atoms with van der Waals surface area (Å²) in [4.78, 5) is 17.2. The second kappa shape index (κ2) is 10.3. The summed E-state index contributed by atoms with van der Waals surface area (Å²) < 4.78 is 18.3. The number of carbonyl (C=O) groups excluding carboxylic acids is 1. The predicted molar refractivity (Wildman–Crippen MR) is 116 cm³/mol. The van der Waals surface area contributed by atoms with Crippen LogP contribution in [0.2, 0.25) is 0 Å². The van der Waals surface area contributed by atoms with Crippen LogP contribution in [0, 0.1) is 0 Å². The van der Waals surface area contributed by atoms with E-state index >= 15 is 0 Å². The predicted octanol–water partition coefficient (Wildman–Crippen LogP) is 4.44. The molecule has 2 aromatic carbocycles. The maximum absolute atomic E-state index is 12.8. The van der Waals surface area contributed by atoms with Crippen LogP contribution in [0.25, 0.3) is 11.6 Å². The Bertz CT molecular complexity index is 1010. The fourth-order valence-electron chi connectivity index (χ4n) is 3.10. The molecule has 0 atom stereocenters. The molecule has 1 aromatic heterocycles. The van der Waals surface area contributed by atoms with Gasteiger partial charge >= 0.3 is 5.97 Å². The second-order valence-corrected chi connectivity index (χ2v) is 6.49. The van der Waals surface area contributed by atoms with Crippen LogP contribution < -0.4 is 9.47 Å². The Balaban J connectivity index is 2.02. The van der Waals surface area contributed by atoms with Gasteiger partial charge in [0.15, 0.2) is 11.5 Å². The first kappa shape index (κ1) is 21.2. The lowest BCUT2D eigenvalue weighted by molar-refractivity contribution is -0.136. The van der Waals surface area contributed by atoms with E-state index in [4.69, 9.17) is 14.2 Å². The Morgan fingerprint density at radius 3 is 2.57 bits per heavy atom. The summed E-state index contributed by atoms with van der Waals surface area (Å²) in [6.07, 6.45) is 5.31. The Morgan fingerprint density at radius 1 is 1.07 bits per heavy atom. The smallest absolute Gasteiger partial charge is 0.341 e. The van der Waals surface area contributed by atoms with E-state index in [2.05, 4.69) is 4.98 Å². The van der Waals surface area contributed by atoms with E-state index in [1.807, 2.05) is 66.2 Å². The quantitative estimate of drug-likeness (QED) is 0.388. The standard InChI is InChI=1S/C24H26N2O4/c1-4-29-22-16-19(11-12-21(22)28-3)15-20(24(27)30-5-2)23-25-13-14-26(23)17-18-9-7-6-8-10-18/h6-16H,4-5,17H2,1-3H3/b20-15+. The summed E-state index contributed by atoms with van der Waals surface area (Å²) in [6.45, 7) is 5.08. The molecule has 0 radical (unpaired) electrons. The van der Waals surface area contributed by atoms with Crippen LogP contribution in [-0.2, 0) is 16.1 Å². The average molecular weight is 406 g/mol. The highest BCUT2D eigenvalue weighted by Crippen LogP contribution is 2.30. The van der Waals surface area contributed by atoms with Gasteiger partial charge in [-0.2, -0.15) is 0 Å². The lowest BCUT2D eigenvalue weighted by atomic mass is 10.1. The highest BCUT2D eigenvalue weighted by molar-refractivity contribution is 6.20. The van der Waals surface area contributed by atoms with Gasteiger partial charge < -0.3 is 18.8 Å². The minimum absolute atomic E-state index is 0.280. The van der Waals surface area contributed by atoms with Gasteiger partial charge in [-0.3, -0.25) is 0 Å². The van der Waals surface area contributed by atoms with Crippen molar-refractivity contribution in [3.05, 3.63) is 77.9 Å². The molecule has 0 N–H and O–H groups in total. The number of aromatic nitrogens is 2. The average Bonchev–Trinajstić information content (AvgIpc) is 3.21. The molecular formula is C24H26N2O4. The van der Waals surface area contributed by atoms with Gasteiger partial charge in [0.1, 0.15) is 11.4 Å². The number of ether oxygens (including phenoxy) is 3. The van der Waals surface area contributed by atoms with Crippen LogP contribution in [0.3, 0.4) is 0 Å². The van der Waals surface area contributed by atoms with Crippen molar-refractivity contribution in [3.8, 4) is 11.5 Å². The van der Waals surface area contributed by atoms with E-state index in [-0.39, 0.29) is 6.61 Å². The molecule has 1 heterocycles. The fourth-order valence-corrected chi connectivity index (χ4v) is 3.10. The molecule has 0 bridgehead atoms. The molecule has 0 unspecified atom stereocenters. The number of hydrogen-bond acceptors (Lipinski definition) is 5. The number of benzene rings is 2. The molecule has 0 spiro atoms. The van der Waals surface area contributed by atoms with Gasteiger partial charge in [-0.1, -0.05) is 36.4 Å². The van der Waals surface area contributed by atoms with Crippen molar-refractivity contribution in [1.82, 2.24) is 9.55 Å². The van der Waals surface area contributed by atoms with E-state index in [0.29, 0.717) is 36.0 Å². The molecule has 6 nitrogen and oxygen atoms in total. The SMILES string of the molecule is CCOC(=O)/C(=C/c1ccc(OC)c(OCC)c1)c1nccn1Cc1ccccc1. The van der Waals surface area contributed by atoms with Crippen LogP contribution in [0.15, 0.2) is 60.9 Å². The minimum Gasteiger partial charge on any atom is -0.493 e. The number of carbonyl (C=O) groups is 1. The molecule has 156 valence electrons. The molecule has 3 aromatic rings. The van der Waals surface area contributed by atoms with Crippen LogP contribution in [-0.4, -0.2) is 35.8 Å². The largest absolute Gasteiger partial charge is 0.493 e. The third-order valence-corrected chi connectivity index (χ3v) is 4.45. The fraction of sp³-hybridized carbons (Fsp3) is 0.250. The third-order valence-electron chi connectivity index (χ3n) is 4.45. The van der Waals surface area contributed by atoms with Crippen molar-refractivity contribution in [1.29, 1.82) is 0 Å². The van der Waals surface area contributed by atoms with Gasteiger partial charge in [0.2, 0.25) is 0 Å². The van der Waals surface area contributed by atoms with Gasteiger partial charge in [-0.25, -0.2) is 9.78 Å². The monoisotopic (exact) mass is 406 g/mol. The normalized spacial score (nSPS) is 11.2. The number of hydrogen-bond donors (Lipinski definition) is 0. The zero-order valence-corrected chi connectivity index (χ0v) is 17.5. The molecule has 30 heavy (non-hydrogen) atoms. The highest BCUT2D eigenvalue weighted by atomic mass is 16.5. The van der Waals surface area contributed by atoms with Gasteiger partial charge in [0, 0.05) is 18.9 Å². The van der Waals surface area contributed by atoms with Crippen LogP contribution >= 0.6 is 0 Å². The van der Waals surface area contributed by atoms with Crippen molar-refractivity contribution in [2.24, 2.45) is 0 Å². The third kappa shape index (κ3) is 5.08. The van der Waals surface area contributed by atoms with Crippen molar-refractivity contribution in [3.63, 3.8) is 0 Å². The van der Waals surface area contributed by atoms with Gasteiger partial charge in [0.05, 0.1) is 20.3 Å². The van der Waals surface area contributed by atoms with Crippen LogP contribution in [0.4, 0.5) is 0 Å². The molecule has 0 aliphatic carbocycles. The second-order valence-electron chi connectivity index (χ2n) is 6.49. The molecule has 0 saturated carbocycles. The Kier molecular flexibility index (Phi) is 7.27. The maximum Gasteiger partial charge on any atom is 0.341 e.